The predicted octanol–water partition coefficient (Wildman–Crippen LogP) is 5.79. The van der Waals surface area contributed by atoms with Crippen molar-refractivity contribution < 1.29 is 9.90 Å². The van der Waals surface area contributed by atoms with E-state index in [2.05, 4.69) is 57.5 Å². The zero-order valence-corrected chi connectivity index (χ0v) is 16.8. The van der Waals surface area contributed by atoms with Gasteiger partial charge in [-0.25, -0.2) is 0 Å². The van der Waals surface area contributed by atoms with E-state index in [-0.39, 0.29) is 16.6 Å². The van der Waals surface area contributed by atoms with E-state index in [0.717, 1.165) is 21.2 Å². The maximum Gasteiger partial charge on any atom is 0.186 e. The van der Waals surface area contributed by atoms with E-state index in [1.807, 2.05) is 24.3 Å². The number of rotatable bonds is 1. The molecule has 0 fully saturated rings. The molecule has 0 unspecified atom stereocenters. The molecule has 0 saturated carbocycles. The van der Waals surface area contributed by atoms with Crippen LogP contribution in [0.3, 0.4) is 0 Å². The quantitative estimate of drug-likeness (QED) is 0.618. The predicted molar refractivity (Wildman–Crippen MR) is 105 cm³/mol. The molecule has 0 atom stereocenters. The van der Waals surface area contributed by atoms with Crippen LogP contribution in [-0.2, 0) is 15.6 Å². The molecule has 0 heterocycles. The molecule has 0 aromatic heterocycles. The van der Waals surface area contributed by atoms with E-state index in [1.54, 1.807) is 12.2 Å². The lowest BCUT2D eigenvalue weighted by Gasteiger charge is -2.28. The van der Waals surface area contributed by atoms with Crippen molar-refractivity contribution in [3.05, 3.63) is 57.1 Å². The van der Waals surface area contributed by atoms with Gasteiger partial charge in [-0.1, -0.05) is 63.5 Å². The zero-order chi connectivity index (χ0) is 18.3. The molecule has 128 valence electrons. The Labute approximate surface area is 153 Å². The highest BCUT2D eigenvalue weighted by Gasteiger charge is 2.26. The van der Waals surface area contributed by atoms with Crippen LogP contribution in [0.1, 0.15) is 58.2 Å². The molecule has 2 rings (SSSR count). The summed E-state index contributed by atoms with van der Waals surface area (Å²) in [6.45, 7) is 12.5. The van der Waals surface area contributed by atoms with E-state index >= 15 is 0 Å². The highest BCUT2D eigenvalue weighted by Crippen LogP contribution is 2.40. The van der Waals surface area contributed by atoms with Crippen LogP contribution in [0.4, 0.5) is 0 Å². The molecular weight excluding hydrogens is 364 g/mol. The van der Waals surface area contributed by atoms with Gasteiger partial charge in [0.1, 0.15) is 5.75 Å². The van der Waals surface area contributed by atoms with Crippen LogP contribution in [-0.4, -0.2) is 10.9 Å². The fourth-order valence-electron chi connectivity index (χ4n) is 2.71. The van der Waals surface area contributed by atoms with Crippen molar-refractivity contribution in [3.8, 4) is 5.75 Å². The van der Waals surface area contributed by atoms with Gasteiger partial charge in [0.05, 0.1) is 0 Å². The standard InChI is InChI=1S/C21H25BrO2/c1-20(2,3)15-11-13(12-16(19(15)24)21(4,5)6)10-14-17(22)8-7-9-18(14)23/h7-12,24H,1-6H3/b14-10+. The number of hydrogen-bond donors (Lipinski definition) is 1. The lowest BCUT2D eigenvalue weighted by molar-refractivity contribution is -0.111. The largest absolute Gasteiger partial charge is 0.507 e. The van der Waals surface area contributed by atoms with Gasteiger partial charge >= 0.3 is 0 Å². The SMILES string of the molecule is CC(C)(C)c1cc(/C=C2/C(=O)C=CC=C2Br)cc(C(C)(C)C)c1O. The summed E-state index contributed by atoms with van der Waals surface area (Å²) < 4.78 is 0.776. The Hall–Kier alpha value is -1.61. The Morgan fingerprint density at radius 1 is 1.00 bits per heavy atom. The number of halogens is 1. The topological polar surface area (TPSA) is 37.3 Å². The van der Waals surface area contributed by atoms with Crippen LogP contribution in [0.2, 0.25) is 0 Å². The Kier molecular flexibility index (Phi) is 4.96. The molecule has 1 N–H and O–H groups in total. The smallest absolute Gasteiger partial charge is 0.186 e. The number of phenols is 1. The fraction of sp³-hybridized carbons (Fsp3) is 0.381. The first kappa shape index (κ1) is 18.7. The van der Waals surface area contributed by atoms with Crippen molar-refractivity contribution >= 4 is 27.8 Å². The number of benzene rings is 1. The molecule has 2 nitrogen and oxygen atoms in total. The van der Waals surface area contributed by atoms with Crippen LogP contribution < -0.4 is 0 Å². The van der Waals surface area contributed by atoms with Gasteiger partial charge in [-0.05, 0) is 46.8 Å². The Morgan fingerprint density at radius 3 is 1.92 bits per heavy atom. The molecule has 0 spiro atoms. The zero-order valence-electron chi connectivity index (χ0n) is 15.2. The van der Waals surface area contributed by atoms with Crippen LogP contribution in [0.5, 0.6) is 5.75 Å². The molecule has 1 aliphatic carbocycles. The van der Waals surface area contributed by atoms with Crippen LogP contribution in [0.25, 0.3) is 6.08 Å². The van der Waals surface area contributed by atoms with Gasteiger partial charge in [-0.15, -0.1) is 0 Å². The summed E-state index contributed by atoms with van der Waals surface area (Å²) >= 11 is 3.45. The van der Waals surface area contributed by atoms with E-state index in [9.17, 15) is 9.90 Å². The summed E-state index contributed by atoms with van der Waals surface area (Å²) in [4.78, 5) is 12.2. The van der Waals surface area contributed by atoms with Gasteiger partial charge in [0.2, 0.25) is 0 Å². The first-order valence-electron chi connectivity index (χ1n) is 8.09. The van der Waals surface area contributed by atoms with E-state index in [1.165, 1.54) is 0 Å². The van der Waals surface area contributed by atoms with Crippen molar-refractivity contribution in [1.82, 2.24) is 0 Å². The normalized spacial score (nSPS) is 17.4. The van der Waals surface area contributed by atoms with E-state index in [4.69, 9.17) is 0 Å². The Morgan fingerprint density at radius 2 is 1.50 bits per heavy atom. The molecule has 0 aliphatic heterocycles. The molecule has 0 bridgehead atoms. The van der Waals surface area contributed by atoms with Crippen molar-refractivity contribution in [2.75, 3.05) is 0 Å². The van der Waals surface area contributed by atoms with Gasteiger partial charge in [0, 0.05) is 21.2 Å². The average Bonchev–Trinajstić information content (AvgIpc) is 2.42. The minimum atomic E-state index is -0.192. The third-order valence-corrected chi connectivity index (χ3v) is 4.76. The molecular formula is C21H25BrO2. The van der Waals surface area contributed by atoms with Gasteiger partial charge in [0.15, 0.2) is 5.78 Å². The maximum atomic E-state index is 12.2. The third-order valence-electron chi connectivity index (χ3n) is 4.07. The molecule has 24 heavy (non-hydrogen) atoms. The second kappa shape index (κ2) is 6.36. The minimum Gasteiger partial charge on any atom is -0.507 e. The number of allylic oxidation sites excluding steroid dienone is 5. The molecule has 0 saturated heterocycles. The summed E-state index contributed by atoms with van der Waals surface area (Å²) in [5, 5.41) is 10.8. The summed E-state index contributed by atoms with van der Waals surface area (Å²) in [7, 11) is 0. The second-order valence-electron chi connectivity index (χ2n) is 8.26. The number of hydrogen-bond acceptors (Lipinski definition) is 2. The van der Waals surface area contributed by atoms with Crippen molar-refractivity contribution in [2.24, 2.45) is 0 Å². The van der Waals surface area contributed by atoms with E-state index < -0.39 is 0 Å². The summed E-state index contributed by atoms with van der Waals surface area (Å²) in [6.07, 6.45) is 7.05. The number of ketones is 1. The van der Waals surface area contributed by atoms with Crippen molar-refractivity contribution in [1.29, 1.82) is 0 Å². The van der Waals surface area contributed by atoms with Crippen LogP contribution in [0.15, 0.2) is 40.4 Å². The van der Waals surface area contributed by atoms with E-state index in [0.29, 0.717) is 11.3 Å². The molecule has 1 aromatic carbocycles. The lowest BCUT2D eigenvalue weighted by atomic mass is 9.78. The molecule has 1 aromatic rings. The molecule has 0 radical (unpaired) electrons. The number of phenolic OH excluding ortho intramolecular Hbond substituents is 1. The summed E-state index contributed by atoms with van der Waals surface area (Å²) in [5.41, 5.74) is 2.94. The fourth-order valence-corrected chi connectivity index (χ4v) is 3.17. The number of aromatic hydroxyl groups is 1. The maximum absolute atomic E-state index is 12.2. The first-order chi connectivity index (χ1) is 10.9. The van der Waals surface area contributed by atoms with Gasteiger partial charge in [0.25, 0.3) is 0 Å². The lowest BCUT2D eigenvalue weighted by Crippen LogP contribution is -2.17. The van der Waals surface area contributed by atoms with Crippen molar-refractivity contribution in [3.63, 3.8) is 0 Å². The molecule has 1 aliphatic rings. The molecule has 3 heteroatoms. The Bertz CT molecular complexity index is 731. The average molecular weight is 389 g/mol. The number of carbonyl (C=O) groups is 1. The highest BCUT2D eigenvalue weighted by atomic mass is 79.9. The van der Waals surface area contributed by atoms with Gasteiger partial charge in [-0.2, -0.15) is 0 Å². The second-order valence-corrected chi connectivity index (χ2v) is 9.11. The van der Waals surface area contributed by atoms with Crippen molar-refractivity contribution in [2.45, 2.75) is 52.4 Å². The van der Waals surface area contributed by atoms with Crippen LogP contribution >= 0.6 is 15.9 Å². The van der Waals surface area contributed by atoms with Gasteiger partial charge in [-0.3, -0.25) is 4.79 Å². The number of carbonyl (C=O) groups excluding carboxylic acids is 1. The summed E-state index contributed by atoms with van der Waals surface area (Å²) in [5.74, 6) is 0.327. The molecule has 0 amide bonds. The minimum absolute atomic E-state index is 0.0212. The third kappa shape index (κ3) is 3.89. The first-order valence-corrected chi connectivity index (χ1v) is 8.89. The highest BCUT2D eigenvalue weighted by molar-refractivity contribution is 9.12. The van der Waals surface area contributed by atoms with Gasteiger partial charge < -0.3 is 5.11 Å². The Balaban J connectivity index is 2.70. The summed E-state index contributed by atoms with van der Waals surface area (Å²) in [6, 6.07) is 3.95. The monoisotopic (exact) mass is 388 g/mol. The van der Waals surface area contributed by atoms with Crippen LogP contribution in [0, 0.1) is 0 Å².